The zero-order chi connectivity index (χ0) is 22.1. The maximum atomic E-state index is 13.6. The van der Waals surface area contributed by atoms with Crippen LogP contribution in [0.2, 0.25) is 0 Å². The first-order chi connectivity index (χ1) is 15.0. The van der Waals surface area contributed by atoms with Crippen LogP contribution in [0.5, 0.6) is 0 Å². The molecule has 0 aliphatic carbocycles. The standard InChI is InChI=1S/C23H34FN7.HI/c1-23(2,19-7-4-8-20(24)17-19)18-29-21(25-3)26-11-6-12-30-13-15-31(16-14-30)22-27-9-5-10-28-22;/h4-5,7-10,17H,6,11-16,18H2,1-3H3,(H2,25,26,29);1H. The Kier molecular flexibility index (Phi) is 10.6. The van der Waals surface area contributed by atoms with Gasteiger partial charge in [0.2, 0.25) is 5.95 Å². The lowest BCUT2D eigenvalue weighted by atomic mass is 9.84. The number of rotatable bonds is 8. The molecule has 32 heavy (non-hydrogen) atoms. The predicted octanol–water partition coefficient (Wildman–Crippen LogP) is 2.89. The Bertz CT molecular complexity index is 839. The quantitative estimate of drug-likeness (QED) is 0.226. The SMILES string of the molecule is CN=C(NCCCN1CCN(c2ncccn2)CC1)NCC(C)(C)c1cccc(F)c1.I. The molecule has 0 radical (unpaired) electrons. The lowest BCUT2D eigenvalue weighted by molar-refractivity contribution is 0.254. The molecule has 1 aromatic carbocycles. The van der Waals surface area contributed by atoms with E-state index in [4.69, 9.17) is 0 Å². The molecule has 2 aromatic rings. The van der Waals surface area contributed by atoms with Gasteiger partial charge in [-0.1, -0.05) is 26.0 Å². The lowest BCUT2D eigenvalue weighted by Crippen LogP contribution is -2.48. The van der Waals surface area contributed by atoms with Crippen LogP contribution in [0, 0.1) is 5.82 Å². The average Bonchev–Trinajstić information content (AvgIpc) is 2.79. The van der Waals surface area contributed by atoms with Crippen molar-refractivity contribution < 1.29 is 4.39 Å². The van der Waals surface area contributed by atoms with Crippen molar-refractivity contribution in [1.82, 2.24) is 25.5 Å². The van der Waals surface area contributed by atoms with E-state index >= 15 is 0 Å². The van der Waals surface area contributed by atoms with E-state index < -0.39 is 0 Å². The van der Waals surface area contributed by atoms with E-state index in [1.807, 2.05) is 12.1 Å². The molecule has 176 valence electrons. The van der Waals surface area contributed by atoms with Crippen LogP contribution in [0.15, 0.2) is 47.7 Å². The fraction of sp³-hybridized carbons (Fsp3) is 0.522. The van der Waals surface area contributed by atoms with Crippen LogP contribution in [-0.4, -0.2) is 73.7 Å². The van der Waals surface area contributed by atoms with Crippen molar-refractivity contribution in [1.29, 1.82) is 0 Å². The number of hydrogen-bond donors (Lipinski definition) is 2. The van der Waals surface area contributed by atoms with Crippen molar-refractivity contribution in [2.24, 2.45) is 4.99 Å². The van der Waals surface area contributed by atoms with Gasteiger partial charge >= 0.3 is 0 Å². The summed E-state index contributed by atoms with van der Waals surface area (Å²) in [7, 11) is 1.77. The second-order valence-electron chi connectivity index (χ2n) is 8.48. The van der Waals surface area contributed by atoms with E-state index in [-0.39, 0.29) is 35.2 Å². The molecular formula is C23H35FIN7. The minimum Gasteiger partial charge on any atom is -0.356 e. The van der Waals surface area contributed by atoms with E-state index in [0.717, 1.165) is 63.2 Å². The molecule has 1 aromatic heterocycles. The van der Waals surface area contributed by atoms with Crippen molar-refractivity contribution in [3.8, 4) is 0 Å². The molecule has 0 atom stereocenters. The van der Waals surface area contributed by atoms with Crippen molar-refractivity contribution in [2.45, 2.75) is 25.7 Å². The van der Waals surface area contributed by atoms with Gasteiger partial charge in [0.1, 0.15) is 5.82 Å². The van der Waals surface area contributed by atoms with Gasteiger partial charge in [-0.25, -0.2) is 14.4 Å². The highest BCUT2D eigenvalue weighted by molar-refractivity contribution is 14.0. The first-order valence-corrected chi connectivity index (χ1v) is 10.9. The van der Waals surface area contributed by atoms with Crippen LogP contribution in [0.1, 0.15) is 25.8 Å². The minimum absolute atomic E-state index is 0. The molecule has 0 bridgehead atoms. The third-order valence-corrected chi connectivity index (χ3v) is 5.68. The van der Waals surface area contributed by atoms with Crippen LogP contribution < -0.4 is 15.5 Å². The normalized spacial score (nSPS) is 15.2. The zero-order valence-corrected chi connectivity index (χ0v) is 21.6. The molecule has 2 N–H and O–H groups in total. The number of guanidine groups is 1. The Morgan fingerprint density at radius 3 is 2.47 bits per heavy atom. The van der Waals surface area contributed by atoms with Crippen molar-refractivity contribution in [3.05, 3.63) is 54.1 Å². The first kappa shape index (κ1) is 26.2. The molecule has 9 heteroatoms. The van der Waals surface area contributed by atoms with Crippen molar-refractivity contribution in [2.75, 3.05) is 57.8 Å². The zero-order valence-electron chi connectivity index (χ0n) is 19.2. The smallest absolute Gasteiger partial charge is 0.225 e. The molecule has 7 nitrogen and oxygen atoms in total. The number of aromatic nitrogens is 2. The number of piperazine rings is 1. The van der Waals surface area contributed by atoms with E-state index in [1.54, 1.807) is 31.6 Å². The second kappa shape index (κ2) is 12.9. The topological polar surface area (TPSA) is 68.7 Å². The van der Waals surface area contributed by atoms with Crippen molar-refractivity contribution >= 4 is 35.9 Å². The Labute approximate surface area is 207 Å². The number of anilines is 1. The highest BCUT2D eigenvalue weighted by Crippen LogP contribution is 2.22. The molecule has 1 aliphatic rings. The number of benzene rings is 1. The van der Waals surface area contributed by atoms with Gasteiger partial charge in [0.25, 0.3) is 0 Å². The molecule has 0 saturated carbocycles. The Morgan fingerprint density at radius 1 is 1.09 bits per heavy atom. The van der Waals surface area contributed by atoms with Gasteiger partial charge in [0.15, 0.2) is 5.96 Å². The second-order valence-corrected chi connectivity index (χ2v) is 8.48. The largest absolute Gasteiger partial charge is 0.356 e. The summed E-state index contributed by atoms with van der Waals surface area (Å²) in [6, 6.07) is 8.64. The van der Waals surface area contributed by atoms with E-state index in [9.17, 15) is 4.39 Å². The summed E-state index contributed by atoms with van der Waals surface area (Å²) in [5, 5.41) is 6.76. The molecule has 0 amide bonds. The molecule has 2 heterocycles. The van der Waals surface area contributed by atoms with Gasteiger partial charge in [-0.2, -0.15) is 0 Å². The average molecular weight is 555 g/mol. The number of nitrogens with one attached hydrogen (secondary N) is 2. The molecule has 1 saturated heterocycles. The van der Waals surface area contributed by atoms with Crippen LogP contribution >= 0.6 is 24.0 Å². The summed E-state index contributed by atoms with van der Waals surface area (Å²) < 4.78 is 13.6. The van der Waals surface area contributed by atoms with Gasteiger partial charge in [0.05, 0.1) is 0 Å². The van der Waals surface area contributed by atoms with Crippen LogP contribution in [0.25, 0.3) is 0 Å². The Morgan fingerprint density at radius 2 is 1.81 bits per heavy atom. The molecule has 3 rings (SSSR count). The maximum Gasteiger partial charge on any atom is 0.225 e. The molecule has 0 unspecified atom stereocenters. The monoisotopic (exact) mass is 555 g/mol. The summed E-state index contributed by atoms with van der Waals surface area (Å²) in [4.78, 5) is 17.7. The summed E-state index contributed by atoms with van der Waals surface area (Å²) in [5.74, 6) is 1.39. The Hall–Kier alpha value is -2.01. The predicted molar refractivity (Wildman–Crippen MR) is 140 cm³/mol. The van der Waals surface area contributed by atoms with Gasteiger partial charge in [-0.05, 0) is 36.7 Å². The van der Waals surface area contributed by atoms with Gasteiger partial charge in [0, 0.05) is 64.1 Å². The van der Waals surface area contributed by atoms with Crippen LogP contribution in [-0.2, 0) is 5.41 Å². The number of hydrogen-bond acceptors (Lipinski definition) is 5. The summed E-state index contributed by atoms with van der Waals surface area (Å²) in [5.41, 5.74) is 0.762. The van der Waals surface area contributed by atoms with E-state index in [0.29, 0.717) is 6.54 Å². The summed E-state index contributed by atoms with van der Waals surface area (Å²) >= 11 is 0. The minimum atomic E-state index is -0.206. The summed E-state index contributed by atoms with van der Waals surface area (Å²) in [6.45, 7) is 10.7. The fourth-order valence-electron chi connectivity index (χ4n) is 3.67. The van der Waals surface area contributed by atoms with Gasteiger partial charge in [-0.15, -0.1) is 24.0 Å². The third-order valence-electron chi connectivity index (χ3n) is 5.68. The van der Waals surface area contributed by atoms with Gasteiger partial charge < -0.3 is 15.5 Å². The lowest BCUT2D eigenvalue weighted by Gasteiger charge is -2.34. The first-order valence-electron chi connectivity index (χ1n) is 10.9. The number of aliphatic imine (C=N–C) groups is 1. The molecule has 1 fully saturated rings. The highest BCUT2D eigenvalue weighted by Gasteiger charge is 2.21. The Balaban J connectivity index is 0.00000363. The highest BCUT2D eigenvalue weighted by atomic mass is 127. The number of nitrogens with zero attached hydrogens (tertiary/aromatic N) is 5. The third kappa shape index (κ3) is 7.84. The fourth-order valence-corrected chi connectivity index (χ4v) is 3.67. The summed E-state index contributed by atoms with van der Waals surface area (Å²) in [6.07, 6.45) is 4.62. The molecular weight excluding hydrogens is 520 g/mol. The van der Waals surface area contributed by atoms with E-state index in [1.165, 1.54) is 6.07 Å². The number of halogens is 2. The molecule has 1 aliphatic heterocycles. The van der Waals surface area contributed by atoms with Crippen molar-refractivity contribution in [3.63, 3.8) is 0 Å². The van der Waals surface area contributed by atoms with Crippen LogP contribution in [0.3, 0.4) is 0 Å². The maximum absolute atomic E-state index is 13.6. The molecule has 0 spiro atoms. The van der Waals surface area contributed by atoms with Gasteiger partial charge in [-0.3, -0.25) is 9.89 Å². The van der Waals surface area contributed by atoms with Crippen LogP contribution in [0.4, 0.5) is 10.3 Å². The van der Waals surface area contributed by atoms with E-state index in [2.05, 4.69) is 49.2 Å².